The maximum absolute atomic E-state index is 14.9. The molecule has 8 rings (SSSR count). The molecule has 6 aromatic carbocycles. The Balaban J connectivity index is 0.999. The molecule has 2 aliphatic heterocycles. The molecular weight excluding hydrogens is 1200 g/mol. The molecule has 0 N–H and O–H groups in total. The van der Waals surface area contributed by atoms with Crippen molar-refractivity contribution in [2.75, 3.05) is 64.2 Å². The van der Waals surface area contributed by atoms with E-state index in [1.54, 1.807) is 38.4 Å². The Morgan fingerprint density at radius 1 is 0.488 bits per heavy atom. The number of rotatable bonds is 21. The molecule has 6 aromatic rings. The first-order chi connectivity index (χ1) is 40.1. The second kappa shape index (κ2) is 26.4. The minimum Gasteiger partial charge on any atom is -0.408 e. The number of anilines is 2. The molecule has 0 aliphatic carbocycles. The van der Waals surface area contributed by atoms with Crippen LogP contribution in [-0.2, 0) is 59.3 Å². The van der Waals surface area contributed by atoms with E-state index in [0.29, 0.717) is 22.1 Å². The van der Waals surface area contributed by atoms with Gasteiger partial charge in [0.05, 0.1) is 34.1 Å². The van der Waals surface area contributed by atoms with Crippen molar-refractivity contribution in [1.29, 1.82) is 0 Å². The average molecular weight is 1280 g/mol. The molecule has 4 amide bonds. The summed E-state index contributed by atoms with van der Waals surface area (Å²) in [5, 5.41) is 2.16. The van der Waals surface area contributed by atoms with Crippen LogP contribution in [0.3, 0.4) is 0 Å². The molecule has 2 fully saturated rings. The molecule has 4 radical (unpaired) electrons. The lowest BCUT2D eigenvalue weighted by atomic mass is 9.98. The second-order valence-corrected chi connectivity index (χ2v) is 35.9. The third kappa shape index (κ3) is 15.7. The quantitative estimate of drug-likeness (QED) is 0.0493. The van der Waals surface area contributed by atoms with Crippen LogP contribution in [0.25, 0.3) is 21.5 Å². The third-order valence-electron chi connectivity index (χ3n) is 15.4. The molecule has 2 heterocycles. The summed E-state index contributed by atoms with van der Waals surface area (Å²) in [6, 6.07) is 37.2. The van der Waals surface area contributed by atoms with Crippen molar-refractivity contribution >= 4 is 118 Å². The largest absolute Gasteiger partial charge is 0.408 e. The van der Waals surface area contributed by atoms with Crippen LogP contribution in [0, 0.1) is 0 Å². The van der Waals surface area contributed by atoms with Gasteiger partial charge in [-0.15, -0.1) is 0 Å². The number of benzene rings is 6. The van der Waals surface area contributed by atoms with Crippen LogP contribution in [0.4, 0.5) is 11.4 Å². The summed E-state index contributed by atoms with van der Waals surface area (Å²) in [5.41, 5.74) is 1.96. The standard InChI is InChI=1S/C64H80N6O10S4Si2/c1-61(2,3)85-79-63(7,8)47-25-29-49(30-26-47)67(13)57(71)41-65(11)59(73)55-37-51(39-69(55)83(75,76)53-33-23-43-19-15-17-21-45(43)35-53)81-82-52-38-56(70(40-52)84(77,78)54-34-24-44-20-16-18-22-46(44)36-54)60(74)66(12)42-58(72)68(14)50-31-27-48(28-32-50)64(9,10)80-86-62(4,5)6/h15-36,51-52,55-56H,37-42H2,1-14H3/t51-,52-,55+,56+/m1/s1. The third-order valence-corrected chi connectivity index (χ3v) is 24.9. The van der Waals surface area contributed by atoms with E-state index in [1.807, 2.05) is 125 Å². The van der Waals surface area contributed by atoms with E-state index in [0.717, 1.165) is 21.9 Å². The average Bonchev–Trinajstić information content (AvgIpc) is 3.48. The summed E-state index contributed by atoms with van der Waals surface area (Å²) < 4.78 is 74.6. The number of likely N-dealkylation sites (N-methyl/N-ethyl adjacent to an activating group) is 4. The lowest BCUT2D eigenvalue weighted by Gasteiger charge is -2.30. The van der Waals surface area contributed by atoms with Gasteiger partial charge in [-0.05, 0) is 132 Å². The Morgan fingerprint density at radius 3 is 1.14 bits per heavy atom. The molecule has 0 bridgehead atoms. The number of carbonyl (C=O) groups excluding carboxylic acids is 4. The van der Waals surface area contributed by atoms with E-state index >= 15 is 0 Å². The Hall–Kier alpha value is -5.41. The van der Waals surface area contributed by atoms with E-state index in [4.69, 9.17) is 8.85 Å². The molecule has 4 atom stereocenters. The highest BCUT2D eigenvalue weighted by Gasteiger charge is 2.49. The predicted molar refractivity (Wildman–Crippen MR) is 349 cm³/mol. The van der Waals surface area contributed by atoms with Gasteiger partial charge in [-0.3, -0.25) is 19.2 Å². The molecular formula is C64H80N6O10S4Si2. The number of hydrogen-bond acceptors (Lipinski definition) is 12. The topological polar surface area (TPSA) is 174 Å². The number of amides is 4. The number of hydrogen-bond donors (Lipinski definition) is 0. The first-order valence-corrected chi connectivity index (χ1v) is 35.6. The smallest absolute Gasteiger partial charge is 0.246 e. The number of nitrogens with zero attached hydrogens (tertiary/aromatic N) is 6. The molecule has 458 valence electrons. The van der Waals surface area contributed by atoms with E-state index in [1.165, 1.54) is 76.0 Å². The summed E-state index contributed by atoms with van der Waals surface area (Å²) in [7, 11) is 0.867. The van der Waals surface area contributed by atoms with Gasteiger partial charge in [-0.1, -0.05) is 148 Å². The van der Waals surface area contributed by atoms with Crippen molar-refractivity contribution in [2.24, 2.45) is 0 Å². The summed E-state index contributed by atoms with van der Waals surface area (Å²) in [6.07, 6.45) is 0.177. The fourth-order valence-electron chi connectivity index (χ4n) is 10.2. The molecule has 0 aromatic heterocycles. The van der Waals surface area contributed by atoms with Gasteiger partial charge >= 0.3 is 0 Å². The molecule has 0 saturated carbocycles. The lowest BCUT2D eigenvalue weighted by molar-refractivity contribution is -0.136. The van der Waals surface area contributed by atoms with Gasteiger partial charge in [0.2, 0.25) is 63.2 Å². The fourth-order valence-corrected chi connectivity index (χ4v) is 18.1. The highest BCUT2D eigenvalue weighted by atomic mass is 33.1. The summed E-state index contributed by atoms with van der Waals surface area (Å²) in [4.78, 5) is 62.9. The first-order valence-electron chi connectivity index (χ1n) is 28.6. The van der Waals surface area contributed by atoms with Crippen LogP contribution >= 0.6 is 21.6 Å². The van der Waals surface area contributed by atoms with Crippen molar-refractivity contribution in [3.8, 4) is 0 Å². The van der Waals surface area contributed by atoms with Gasteiger partial charge in [-0.2, -0.15) is 8.61 Å². The van der Waals surface area contributed by atoms with E-state index in [-0.39, 0.29) is 90.2 Å². The summed E-state index contributed by atoms with van der Waals surface area (Å²) in [5.74, 6) is -1.87. The zero-order valence-corrected chi connectivity index (χ0v) is 56.9. The van der Waals surface area contributed by atoms with Gasteiger partial charge in [0, 0.05) is 63.2 Å². The van der Waals surface area contributed by atoms with Crippen molar-refractivity contribution < 1.29 is 44.9 Å². The normalized spacial score (nSPS) is 18.3. The van der Waals surface area contributed by atoms with Crippen molar-refractivity contribution in [3.63, 3.8) is 0 Å². The molecule has 0 unspecified atom stereocenters. The highest BCUT2D eigenvalue weighted by molar-refractivity contribution is 8.77. The molecule has 16 nitrogen and oxygen atoms in total. The number of carbonyl (C=O) groups is 4. The minimum absolute atomic E-state index is 0.00126. The van der Waals surface area contributed by atoms with Gasteiger partial charge in [0.15, 0.2) is 0 Å². The van der Waals surface area contributed by atoms with Gasteiger partial charge in [-0.25, -0.2) is 16.8 Å². The maximum atomic E-state index is 14.9. The van der Waals surface area contributed by atoms with Crippen molar-refractivity contribution in [3.05, 3.63) is 145 Å². The number of fused-ring (bicyclic) bond motifs is 2. The Kier molecular flexibility index (Phi) is 20.4. The zero-order chi connectivity index (χ0) is 62.9. The summed E-state index contributed by atoms with van der Waals surface area (Å²) in [6.45, 7) is 20.0. The molecule has 22 heteroatoms. The van der Waals surface area contributed by atoms with Crippen LogP contribution in [0.5, 0.6) is 0 Å². The zero-order valence-electron chi connectivity index (χ0n) is 51.7. The second-order valence-electron chi connectivity index (χ2n) is 25.4. The number of sulfonamides is 2. The maximum Gasteiger partial charge on any atom is 0.246 e. The molecule has 2 aliphatic rings. The minimum atomic E-state index is -4.31. The highest BCUT2D eigenvalue weighted by Crippen LogP contribution is 2.45. The Morgan fingerprint density at radius 2 is 0.814 bits per heavy atom. The van der Waals surface area contributed by atoms with Gasteiger partial charge in [0.1, 0.15) is 12.1 Å². The van der Waals surface area contributed by atoms with Crippen molar-refractivity contribution in [2.45, 2.75) is 136 Å². The molecule has 86 heavy (non-hydrogen) atoms. The van der Waals surface area contributed by atoms with Crippen LogP contribution in [0.1, 0.15) is 93.2 Å². The molecule has 2 saturated heterocycles. The van der Waals surface area contributed by atoms with E-state index < -0.39 is 65.6 Å². The van der Waals surface area contributed by atoms with E-state index in [2.05, 4.69) is 41.5 Å². The van der Waals surface area contributed by atoms with Gasteiger partial charge < -0.3 is 28.5 Å². The monoisotopic (exact) mass is 1280 g/mol. The first kappa shape index (κ1) is 66.5. The Bertz CT molecular complexity index is 3450. The fraction of sp³-hybridized carbons (Fsp3) is 0.438. The molecule has 0 spiro atoms. The van der Waals surface area contributed by atoms with Crippen LogP contribution in [0.2, 0.25) is 10.1 Å². The van der Waals surface area contributed by atoms with Crippen LogP contribution < -0.4 is 9.80 Å². The van der Waals surface area contributed by atoms with Gasteiger partial charge in [0.25, 0.3) is 0 Å². The predicted octanol–water partition coefficient (Wildman–Crippen LogP) is 10.8. The van der Waals surface area contributed by atoms with Crippen molar-refractivity contribution in [1.82, 2.24) is 18.4 Å². The van der Waals surface area contributed by atoms with Crippen LogP contribution in [0.15, 0.2) is 143 Å². The lowest BCUT2D eigenvalue weighted by Crippen LogP contribution is -2.49. The Labute approximate surface area is 522 Å². The summed E-state index contributed by atoms with van der Waals surface area (Å²) >= 11 is 0. The van der Waals surface area contributed by atoms with E-state index in [9.17, 15) is 36.0 Å². The van der Waals surface area contributed by atoms with Crippen LogP contribution in [-0.4, -0.2) is 155 Å². The SMILES string of the molecule is CN(CC(=O)N(C)c1ccc(C(C)(C)O[Si]C(C)(C)C)cc1)C(=O)[C@@H]1C[C@@H](SS[C@@H]2C[C@@H](C(=O)N(C)CC(=O)N(C)c3ccc(C(C)(C)O[Si]C(C)(C)C)cc3)N(S(=O)(=O)c3ccc4ccccc4c3)C2)CN1S(=O)(=O)c1ccc2ccccc2c1.